The van der Waals surface area contributed by atoms with E-state index in [-0.39, 0.29) is 17.5 Å². The third-order valence-corrected chi connectivity index (χ3v) is 4.38. The maximum Gasteiger partial charge on any atom is 0.329 e. The molecule has 0 radical (unpaired) electrons. The number of amides is 3. The Morgan fingerprint density at radius 3 is 2.55 bits per heavy atom. The molecule has 1 heterocycles. The molecule has 1 aliphatic heterocycles. The summed E-state index contributed by atoms with van der Waals surface area (Å²) in [6.07, 6.45) is 5.66. The predicted octanol–water partition coefficient (Wildman–Crippen LogP) is 3.14. The quantitative estimate of drug-likeness (QED) is 0.853. The zero-order chi connectivity index (χ0) is 14.2. The molecule has 1 saturated heterocycles. The first-order valence-corrected chi connectivity index (χ1v) is 7.31. The van der Waals surface area contributed by atoms with E-state index in [9.17, 15) is 9.59 Å². The van der Waals surface area contributed by atoms with Gasteiger partial charge in [-0.1, -0.05) is 31.4 Å². The first-order chi connectivity index (χ1) is 9.60. The summed E-state index contributed by atoms with van der Waals surface area (Å²) in [5.41, 5.74) is 1.42. The van der Waals surface area contributed by atoms with Gasteiger partial charge < -0.3 is 5.32 Å². The highest BCUT2D eigenvalue weighted by atomic mass is 16.2. The van der Waals surface area contributed by atoms with Crippen LogP contribution in [0, 0.1) is 6.92 Å². The molecule has 4 nitrogen and oxygen atoms in total. The van der Waals surface area contributed by atoms with Gasteiger partial charge in [-0.3, -0.25) is 4.79 Å². The first-order valence-electron chi connectivity index (χ1n) is 7.31. The van der Waals surface area contributed by atoms with Gasteiger partial charge in [-0.05, 0) is 37.5 Å². The van der Waals surface area contributed by atoms with Gasteiger partial charge in [0.15, 0.2) is 0 Å². The van der Waals surface area contributed by atoms with Crippen molar-refractivity contribution in [3.8, 4) is 0 Å². The molecule has 1 N–H and O–H groups in total. The van der Waals surface area contributed by atoms with Gasteiger partial charge in [0, 0.05) is 0 Å². The molecule has 0 aromatic heterocycles. The molecule has 1 aromatic carbocycles. The number of hydrogen-bond acceptors (Lipinski definition) is 2. The molecule has 2 aliphatic rings. The van der Waals surface area contributed by atoms with Crippen LogP contribution < -0.4 is 10.2 Å². The van der Waals surface area contributed by atoms with Crippen LogP contribution >= 0.6 is 0 Å². The van der Waals surface area contributed by atoms with E-state index in [0.717, 1.165) is 31.2 Å². The van der Waals surface area contributed by atoms with Crippen LogP contribution in [0.3, 0.4) is 0 Å². The molecule has 0 bridgehead atoms. The fraction of sp³-hybridized carbons (Fsp3) is 0.500. The van der Waals surface area contributed by atoms with Crippen LogP contribution in [0.4, 0.5) is 10.5 Å². The van der Waals surface area contributed by atoms with Crippen LogP contribution in [-0.4, -0.2) is 17.5 Å². The highest BCUT2D eigenvalue weighted by Gasteiger charge is 2.43. The van der Waals surface area contributed by atoms with E-state index < -0.39 is 0 Å². The Morgan fingerprint density at radius 2 is 1.90 bits per heavy atom. The van der Waals surface area contributed by atoms with Crippen molar-refractivity contribution in [1.29, 1.82) is 0 Å². The first kappa shape index (κ1) is 13.2. The zero-order valence-electron chi connectivity index (χ0n) is 11.8. The number of urea groups is 1. The molecule has 1 saturated carbocycles. The minimum atomic E-state index is -0.285. The molecule has 3 amide bonds. The number of aryl methyl sites for hydroxylation is 1. The van der Waals surface area contributed by atoms with Crippen molar-refractivity contribution < 1.29 is 9.59 Å². The average Bonchev–Trinajstić information content (AvgIpc) is 2.38. The summed E-state index contributed by atoms with van der Waals surface area (Å²) < 4.78 is 0. The SMILES string of the molecule is Cc1cccc(N2C(=O)CC3(CCCCC3)NC2=O)c1. The highest BCUT2D eigenvalue weighted by molar-refractivity contribution is 6.16. The lowest BCUT2D eigenvalue weighted by molar-refractivity contribution is -0.120. The molecular weight excluding hydrogens is 252 g/mol. The van der Waals surface area contributed by atoms with E-state index in [1.54, 1.807) is 0 Å². The summed E-state index contributed by atoms with van der Waals surface area (Å²) in [6.45, 7) is 1.96. The lowest BCUT2D eigenvalue weighted by atomic mass is 9.78. The number of rotatable bonds is 1. The van der Waals surface area contributed by atoms with Gasteiger partial charge in [-0.25, -0.2) is 9.69 Å². The summed E-state index contributed by atoms with van der Waals surface area (Å²) in [5.74, 6) is -0.0822. The van der Waals surface area contributed by atoms with Gasteiger partial charge in [-0.15, -0.1) is 0 Å². The molecule has 106 valence electrons. The van der Waals surface area contributed by atoms with E-state index in [2.05, 4.69) is 5.32 Å². The molecule has 20 heavy (non-hydrogen) atoms. The monoisotopic (exact) mass is 272 g/mol. The number of imide groups is 1. The van der Waals surface area contributed by atoms with Crippen molar-refractivity contribution in [2.24, 2.45) is 0 Å². The van der Waals surface area contributed by atoms with Gasteiger partial charge in [0.2, 0.25) is 5.91 Å². The van der Waals surface area contributed by atoms with Crippen molar-refractivity contribution in [2.75, 3.05) is 4.90 Å². The van der Waals surface area contributed by atoms with Crippen LogP contribution in [0.25, 0.3) is 0 Å². The molecule has 1 aromatic rings. The minimum absolute atomic E-state index is 0.0822. The average molecular weight is 272 g/mol. The van der Waals surface area contributed by atoms with Crippen molar-refractivity contribution >= 4 is 17.6 Å². The van der Waals surface area contributed by atoms with Crippen LogP contribution in [0.1, 0.15) is 44.1 Å². The lowest BCUT2D eigenvalue weighted by Gasteiger charge is -2.43. The fourth-order valence-electron chi connectivity index (χ4n) is 3.37. The number of carbonyl (C=O) groups is 2. The molecule has 1 spiro atoms. The van der Waals surface area contributed by atoms with E-state index in [4.69, 9.17) is 0 Å². The maximum absolute atomic E-state index is 12.5. The molecular formula is C16H20N2O2. The second-order valence-electron chi connectivity index (χ2n) is 6.02. The fourth-order valence-corrected chi connectivity index (χ4v) is 3.37. The normalized spacial score (nSPS) is 21.9. The predicted molar refractivity (Wildman–Crippen MR) is 77.6 cm³/mol. The number of carbonyl (C=O) groups excluding carboxylic acids is 2. The molecule has 3 rings (SSSR count). The Kier molecular flexibility index (Phi) is 3.24. The largest absolute Gasteiger partial charge is 0.331 e. The third-order valence-electron chi connectivity index (χ3n) is 4.38. The molecule has 4 heteroatoms. The minimum Gasteiger partial charge on any atom is -0.331 e. The van der Waals surface area contributed by atoms with Gasteiger partial charge >= 0.3 is 6.03 Å². The van der Waals surface area contributed by atoms with E-state index in [1.807, 2.05) is 31.2 Å². The Hall–Kier alpha value is -1.84. The second kappa shape index (κ2) is 4.93. The van der Waals surface area contributed by atoms with Crippen LogP contribution in [0.2, 0.25) is 0 Å². The molecule has 0 unspecified atom stereocenters. The highest BCUT2D eigenvalue weighted by Crippen LogP contribution is 2.35. The Morgan fingerprint density at radius 1 is 1.15 bits per heavy atom. The summed E-state index contributed by atoms with van der Waals surface area (Å²) in [7, 11) is 0. The smallest absolute Gasteiger partial charge is 0.329 e. The second-order valence-corrected chi connectivity index (χ2v) is 6.02. The number of anilines is 1. The maximum atomic E-state index is 12.5. The molecule has 1 aliphatic carbocycles. The number of nitrogens with one attached hydrogen (secondary N) is 1. The number of hydrogen-bond donors (Lipinski definition) is 1. The lowest BCUT2D eigenvalue weighted by Crippen LogP contribution is -2.62. The molecule has 2 fully saturated rings. The summed E-state index contributed by atoms with van der Waals surface area (Å²) >= 11 is 0. The van der Waals surface area contributed by atoms with Gasteiger partial charge in [-0.2, -0.15) is 0 Å². The van der Waals surface area contributed by atoms with Crippen LogP contribution in [0.15, 0.2) is 24.3 Å². The number of benzene rings is 1. The van der Waals surface area contributed by atoms with Gasteiger partial charge in [0.05, 0.1) is 17.6 Å². The Balaban J connectivity index is 1.86. The summed E-state index contributed by atoms with van der Waals surface area (Å²) in [5, 5.41) is 3.10. The van der Waals surface area contributed by atoms with Gasteiger partial charge in [0.25, 0.3) is 0 Å². The van der Waals surface area contributed by atoms with E-state index >= 15 is 0 Å². The topological polar surface area (TPSA) is 49.4 Å². The summed E-state index contributed by atoms with van der Waals surface area (Å²) in [4.78, 5) is 26.1. The van der Waals surface area contributed by atoms with Crippen molar-refractivity contribution in [2.45, 2.75) is 51.0 Å². The standard InChI is InChI=1S/C16H20N2O2/c1-12-6-5-7-13(10-12)18-14(19)11-16(17-15(18)20)8-3-2-4-9-16/h5-7,10H,2-4,8-9,11H2,1H3,(H,17,20). The van der Waals surface area contributed by atoms with Gasteiger partial charge in [0.1, 0.15) is 0 Å². The van der Waals surface area contributed by atoms with Crippen molar-refractivity contribution in [1.82, 2.24) is 5.32 Å². The molecule has 0 atom stereocenters. The Labute approximate surface area is 119 Å². The van der Waals surface area contributed by atoms with Crippen LogP contribution in [0.5, 0.6) is 0 Å². The van der Waals surface area contributed by atoms with Crippen molar-refractivity contribution in [3.63, 3.8) is 0 Å². The van der Waals surface area contributed by atoms with E-state index in [1.165, 1.54) is 11.3 Å². The zero-order valence-corrected chi connectivity index (χ0v) is 11.8. The Bertz CT molecular complexity index is 527. The van der Waals surface area contributed by atoms with Crippen LogP contribution in [-0.2, 0) is 4.79 Å². The van der Waals surface area contributed by atoms with Crippen molar-refractivity contribution in [3.05, 3.63) is 29.8 Å². The number of nitrogens with zero attached hydrogens (tertiary/aromatic N) is 1. The summed E-state index contributed by atoms with van der Waals surface area (Å²) in [6, 6.07) is 7.24. The van der Waals surface area contributed by atoms with E-state index in [0.29, 0.717) is 12.1 Å². The third kappa shape index (κ3) is 2.30.